The van der Waals surface area contributed by atoms with Crippen molar-refractivity contribution in [3.05, 3.63) is 65.7 Å². The maximum atomic E-state index is 12.5. The lowest BCUT2D eigenvalue weighted by Gasteiger charge is -2.10. The number of carbonyl (C=O) groups is 2. The van der Waals surface area contributed by atoms with Gasteiger partial charge in [-0.1, -0.05) is 30.3 Å². The highest BCUT2D eigenvalue weighted by atomic mass is 16.5. The minimum absolute atomic E-state index is 0.151. The van der Waals surface area contributed by atoms with Crippen molar-refractivity contribution < 1.29 is 14.3 Å². The summed E-state index contributed by atoms with van der Waals surface area (Å²) in [4.78, 5) is 24.7. The van der Waals surface area contributed by atoms with Crippen molar-refractivity contribution in [3.8, 4) is 5.75 Å². The highest BCUT2D eigenvalue weighted by Crippen LogP contribution is 2.15. The van der Waals surface area contributed by atoms with Crippen molar-refractivity contribution in [3.63, 3.8) is 0 Å². The number of ether oxygens (including phenoxy) is 1. The first-order chi connectivity index (χ1) is 12.7. The van der Waals surface area contributed by atoms with E-state index in [0.717, 1.165) is 6.42 Å². The number of rotatable bonds is 7. The van der Waals surface area contributed by atoms with Gasteiger partial charge < -0.3 is 10.1 Å². The molecule has 6 heteroatoms. The van der Waals surface area contributed by atoms with Crippen LogP contribution in [-0.2, 0) is 11.2 Å². The van der Waals surface area contributed by atoms with Gasteiger partial charge in [-0.2, -0.15) is 5.10 Å². The number of nitrogens with zero attached hydrogens (tertiary/aromatic N) is 1. The fourth-order valence-electron chi connectivity index (χ4n) is 2.74. The summed E-state index contributed by atoms with van der Waals surface area (Å²) in [5.74, 6) is 0.352. The summed E-state index contributed by atoms with van der Waals surface area (Å²) in [5, 5.41) is 6.93. The lowest BCUT2D eigenvalue weighted by molar-refractivity contribution is -0.122. The molecule has 1 aliphatic rings. The van der Waals surface area contributed by atoms with Crippen molar-refractivity contribution in [2.75, 3.05) is 13.7 Å². The maximum absolute atomic E-state index is 12.5. The summed E-state index contributed by atoms with van der Waals surface area (Å²) < 4.78 is 5.09. The van der Waals surface area contributed by atoms with Gasteiger partial charge in [0.05, 0.1) is 7.11 Å². The zero-order chi connectivity index (χ0) is 18.4. The van der Waals surface area contributed by atoms with E-state index in [4.69, 9.17) is 4.74 Å². The van der Waals surface area contributed by atoms with Crippen LogP contribution in [0.3, 0.4) is 0 Å². The number of hydrazone groups is 1. The Morgan fingerprint density at radius 2 is 1.88 bits per heavy atom. The zero-order valence-electron chi connectivity index (χ0n) is 14.6. The third kappa shape index (κ3) is 4.27. The molecule has 0 saturated carbocycles. The molecule has 0 bridgehead atoms. The lowest BCUT2D eigenvalue weighted by atomic mass is 10.0. The molecule has 0 aromatic heterocycles. The minimum Gasteiger partial charge on any atom is -0.497 e. The molecule has 26 heavy (non-hydrogen) atoms. The van der Waals surface area contributed by atoms with Crippen molar-refractivity contribution >= 4 is 17.4 Å². The number of Topliss-reactive ketones (excluding diaryl/α,β-unsaturated/α-hetero) is 1. The van der Waals surface area contributed by atoms with Crippen molar-refractivity contribution in [2.24, 2.45) is 5.10 Å². The lowest BCUT2D eigenvalue weighted by Crippen LogP contribution is -2.41. The summed E-state index contributed by atoms with van der Waals surface area (Å²) in [7, 11) is 1.57. The summed E-state index contributed by atoms with van der Waals surface area (Å²) in [5.41, 5.74) is 4.81. The Bertz CT molecular complexity index is 801. The van der Waals surface area contributed by atoms with Crippen molar-refractivity contribution in [1.29, 1.82) is 0 Å². The van der Waals surface area contributed by atoms with Crippen LogP contribution >= 0.6 is 0 Å². The molecule has 1 atom stereocenters. The Morgan fingerprint density at radius 3 is 2.58 bits per heavy atom. The third-order valence-electron chi connectivity index (χ3n) is 4.24. The number of ketones is 1. The van der Waals surface area contributed by atoms with Gasteiger partial charge in [-0.3, -0.25) is 15.0 Å². The molecule has 0 spiro atoms. The highest BCUT2D eigenvalue weighted by molar-refractivity contribution is 6.46. The van der Waals surface area contributed by atoms with Crippen molar-refractivity contribution in [2.45, 2.75) is 18.9 Å². The van der Waals surface area contributed by atoms with Gasteiger partial charge >= 0.3 is 0 Å². The number of hydrogen-bond acceptors (Lipinski definition) is 5. The van der Waals surface area contributed by atoms with Crippen molar-refractivity contribution in [1.82, 2.24) is 10.7 Å². The number of carbonyl (C=O) groups excluding carboxylic acids is 2. The molecule has 1 heterocycles. The third-order valence-corrected chi connectivity index (χ3v) is 4.24. The Kier molecular flexibility index (Phi) is 5.63. The van der Waals surface area contributed by atoms with Gasteiger partial charge in [0.15, 0.2) is 0 Å². The summed E-state index contributed by atoms with van der Waals surface area (Å²) in [6.45, 7) is 0.544. The van der Waals surface area contributed by atoms with Gasteiger partial charge in [-0.25, -0.2) is 0 Å². The predicted molar refractivity (Wildman–Crippen MR) is 99.5 cm³/mol. The second-order valence-electron chi connectivity index (χ2n) is 6.03. The Balaban J connectivity index is 1.48. The molecule has 2 N–H and O–H groups in total. The Hall–Kier alpha value is -3.15. The first kappa shape index (κ1) is 17.7. The van der Waals surface area contributed by atoms with Gasteiger partial charge in [-0.05, 0) is 36.2 Å². The van der Waals surface area contributed by atoms with Crippen LogP contribution in [-0.4, -0.2) is 37.1 Å². The number of hydrogen-bond donors (Lipinski definition) is 2. The molecule has 1 aliphatic heterocycles. The van der Waals surface area contributed by atoms with Crippen LogP contribution in [0.1, 0.15) is 22.3 Å². The molecule has 0 fully saturated rings. The van der Waals surface area contributed by atoms with E-state index in [2.05, 4.69) is 15.8 Å². The van der Waals surface area contributed by atoms with Crippen LogP contribution in [0.2, 0.25) is 0 Å². The molecule has 0 aliphatic carbocycles. The SMILES string of the molecule is COc1ccc(C(=O)C2=NNC(C(=O)NCCc3ccccc3)C2)cc1. The standard InChI is InChI=1S/C20H21N3O3/c1-26-16-9-7-15(8-10-16)19(24)17-13-18(23-22-17)20(25)21-12-11-14-5-3-2-4-6-14/h2-10,18,23H,11-13H2,1H3,(H,21,25). The van der Waals surface area contributed by atoms with E-state index in [1.807, 2.05) is 30.3 Å². The van der Waals surface area contributed by atoms with Gasteiger partial charge in [0.25, 0.3) is 0 Å². The van der Waals surface area contributed by atoms with E-state index >= 15 is 0 Å². The molecule has 1 amide bonds. The number of methoxy groups -OCH3 is 1. The normalized spacial score (nSPS) is 15.7. The van der Waals surface area contributed by atoms with Gasteiger partial charge in [0.1, 0.15) is 17.5 Å². The molecular weight excluding hydrogens is 330 g/mol. The fraction of sp³-hybridized carbons (Fsp3) is 0.250. The molecule has 1 unspecified atom stereocenters. The smallest absolute Gasteiger partial charge is 0.244 e. The number of amides is 1. The van der Waals surface area contributed by atoms with E-state index in [-0.39, 0.29) is 18.1 Å². The van der Waals surface area contributed by atoms with Crippen LogP contribution in [0.15, 0.2) is 59.7 Å². The van der Waals surface area contributed by atoms with E-state index in [9.17, 15) is 9.59 Å². The summed E-state index contributed by atoms with van der Waals surface area (Å²) in [6, 6.07) is 16.3. The van der Waals surface area contributed by atoms with Crippen LogP contribution < -0.4 is 15.5 Å². The van der Waals surface area contributed by atoms with Gasteiger partial charge in [0, 0.05) is 18.5 Å². The number of nitrogens with one attached hydrogen (secondary N) is 2. The summed E-state index contributed by atoms with van der Waals surface area (Å²) >= 11 is 0. The molecule has 0 radical (unpaired) electrons. The quantitative estimate of drug-likeness (QED) is 0.748. The summed E-state index contributed by atoms with van der Waals surface area (Å²) in [6.07, 6.45) is 1.04. The molecule has 2 aromatic carbocycles. The van der Waals surface area contributed by atoms with E-state index < -0.39 is 6.04 Å². The Labute approximate surface area is 152 Å². The zero-order valence-corrected chi connectivity index (χ0v) is 14.6. The second-order valence-corrected chi connectivity index (χ2v) is 6.03. The van der Waals surface area contributed by atoms with Crippen LogP contribution in [0.4, 0.5) is 0 Å². The molecular formula is C20H21N3O3. The predicted octanol–water partition coefficient (Wildman–Crippen LogP) is 1.95. The number of benzene rings is 2. The average Bonchev–Trinajstić information content (AvgIpc) is 3.18. The fourth-order valence-corrected chi connectivity index (χ4v) is 2.74. The van der Waals surface area contributed by atoms with Gasteiger partial charge in [0.2, 0.25) is 11.7 Å². The first-order valence-corrected chi connectivity index (χ1v) is 8.50. The molecule has 0 saturated heterocycles. The molecule has 3 rings (SSSR count). The molecule has 134 valence electrons. The van der Waals surface area contributed by atoms with Gasteiger partial charge in [-0.15, -0.1) is 0 Å². The molecule has 6 nitrogen and oxygen atoms in total. The highest BCUT2D eigenvalue weighted by Gasteiger charge is 2.29. The van der Waals surface area contributed by atoms with E-state index in [1.54, 1.807) is 31.4 Å². The van der Waals surface area contributed by atoms with Crippen LogP contribution in [0.25, 0.3) is 0 Å². The Morgan fingerprint density at radius 1 is 1.15 bits per heavy atom. The first-order valence-electron chi connectivity index (χ1n) is 8.50. The molecule has 2 aromatic rings. The van der Waals surface area contributed by atoms with E-state index in [1.165, 1.54) is 5.56 Å². The average molecular weight is 351 g/mol. The van der Waals surface area contributed by atoms with Crippen LogP contribution in [0.5, 0.6) is 5.75 Å². The van der Waals surface area contributed by atoms with Crippen LogP contribution in [0, 0.1) is 0 Å². The maximum Gasteiger partial charge on any atom is 0.244 e. The monoisotopic (exact) mass is 351 g/mol. The largest absolute Gasteiger partial charge is 0.497 e. The second kappa shape index (κ2) is 8.29. The topological polar surface area (TPSA) is 79.8 Å². The van der Waals surface area contributed by atoms with E-state index in [0.29, 0.717) is 23.6 Å². The minimum atomic E-state index is -0.511.